The molecule has 1 fully saturated rings. The van der Waals surface area contributed by atoms with Crippen LogP contribution in [0.25, 0.3) is 0 Å². The van der Waals surface area contributed by atoms with E-state index in [2.05, 4.69) is 10.3 Å². The number of fused-ring (bicyclic) bond motifs is 3. The standard InChI is InChI=1S/C17H20N4O4/c1-23-13-3-2-4-14(7-13)24-11-17(22)20-6-5-16-15(9-20)21-12(10-25-16)8-18-19-21/h2-4,7-8,15-16H,5-6,9-11H2,1H3/t15-,16+/m0/s1. The summed E-state index contributed by atoms with van der Waals surface area (Å²) in [6, 6.07) is 7.24. The molecule has 2 aliphatic rings. The highest BCUT2D eigenvalue weighted by atomic mass is 16.5. The first-order valence-corrected chi connectivity index (χ1v) is 8.30. The van der Waals surface area contributed by atoms with Crippen molar-refractivity contribution in [1.29, 1.82) is 0 Å². The Labute approximate surface area is 145 Å². The zero-order valence-corrected chi connectivity index (χ0v) is 14.0. The number of carbonyl (C=O) groups excluding carboxylic acids is 1. The van der Waals surface area contributed by atoms with E-state index in [9.17, 15) is 4.79 Å². The quantitative estimate of drug-likeness (QED) is 0.825. The molecule has 2 aliphatic heterocycles. The molecule has 3 heterocycles. The number of nitrogens with zero attached hydrogens (tertiary/aromatic N) is 4. The fourth-order valence-electron chi connectivity index (χ4n) is 3.33. The number of piperidine rings is 1. The fourth-order valence-corrected chi connectivity index (χ4v) is 3.33. The van der Waals surface area contributed by atoms with Crippen molar-refractivity contribution in [2.24, 2.45) is 0 Å². The molecule has 1 aromatic heterocycles. The average molecular weight is 344 g/mol. The summed E-state index contributed by atoms with van der Waals surface area (Å²) in [6.45, 7) is 1.74. The van der Waals surface area contributed by atoms with Gasteiger partial charge in [0.05, 0.1) is 37.8 Å². The van der Waals surface area contributed by atoms with Crippen LogP contribution in [-0.4, -0.2) is 58.7 Å². The molecule has 0 bridgehead atoms. The van der Waals surface area contributed by atoms with Gasteiger partial charge in [-0.05, 0) is 18.6 Å². The molecule has 1 amide bonds. The molecule has 2 atom stereocenters. The van der Waals surface area contributed by atoms with Crippen molar-refractivity contribution >= 4 is 5.91 Å². The molecule has 8 heteroatoms. The first-order chi connectivity index (χ1) is 12.2. The molecular weight excluding hydrogens is 324 g/mol. The summed E-state index contributed by atoms with van der Waals surface area (Å²) < 4.78 is 18.5. The molecular formula is C17H20N4O4. The van der Waals surface area contributed by atoms with Gasteiger partial charge < -0.3 is 19.1 Å². The fraction of sp³-hybridized carbons (Fsp3) is 0.471. The SMILES string of the molecule is COc1cccc(OCC(=O)N2CC[C@H]3OCc4cnnn4[C@H]3C2)c1. The highest BCUT2D eigenvalue weighted by Crippen LogP contribution is 2.30. The van der Waals surface area contributed by atoms with Crippen molar-refractivity contribution in [2.45, 2.75) is 25.2 Å². The van der Waals surface area contributed by atoms with Crippen LogP contribution >= 0.6 is 0 Å². The predicted molar refractivity (Wildman–Crippen MR) is 87.3 cm³/mol. The molecule has 1 aromatic carbocycles. The van der Waals surface area contributed by atoms with E-state index < -0.39 is 0 Å². The lowest BCUT2D eigenvalue weighted by molar-refractivity contribution is -0.140. The molecule has 4 rings (SSSR count). The van der Waals surface area contributed by atoms with E-state index in [4.69, 9.17) is 14.2 Å². The van der Waals surface area contributed by atoms with E-state index >= 15 is 0 Å². The number of amides is 1. The molecule has 0 spiro atoms. The van der Waals surface area contributed by atoms with E-state index in [0.717, 1.165) is 12.1 Å². The van der Waals surface area contributed by atoms with Crippen LogP contribution in [0, 0.1) is 0 Å². The van der Waals surface area contributed by atoms with Gasteiger partial charge in [0.25, 0.3) is 5.91 Å². The minimum atomic E-state index is -0.0477. The van der Waals surface area contributed by atoms with Crippen LogP contribution in [0.5, 0.6) is 11.5 Å². The van der Waals surface area contributed by atoms with Crippen molar-refractivity contribution in [3.63, 3.8) is 0 Å². The zero-order valence-electron chi connectivity index (χ0n) is 14.0. The number of hydrogen-bond donors (Lipinski definition) is 0. The smallest absolute Gasteiger partial charge is 0.260 e. The predicted octanol–water partition coefficient (Wildman–Crippen LogP) is 1.04. The van der Waals surface area contributed by atoms with Gasteiger partial charge in [-0.15, -0.1) is 5.10 Å². The first-order valence-electron chi connectivity index (χ1n) is 8.30. The molecule has 0 aliphatic carbocycles. The minimum Gasteiger partial charge on any atom is -0.497 e. The Balaban J connectivity index is 1.38. The summed E-state index contributed by atoms with van der Waals surface area (Å²) >= 11 is 0. The second kappa shape index (κ2) is 6.72. The highest BCUT2D eigenvalue weighted by Gasteiger charge is 2.37. The Morgan fingerprint density at radius 3 is 3.16 bits per heavy atom. The minimum absolute atomic E-state index is 0.00434. The summed E-state index contributed by atoms with van der Waals surface area (Å²) in [4.78, 5) is 14.3. The van der Waals surface area contributed by atoms with Crippen LogP contribution in [0.4, 0.5) is 0 Å². The molecule has 132 valence electrons. The van der Waals surface area contributed by atoms with Crippen molar-refractivity contribution in [3.8, 4) is 11.5 Å². The summed E-state index contributed by atoms with van der Waals surface area (Å²) in [5, 5.41) is 8.10. The second-order valence-electron chi connectivity index (χ2n) is 6.18. The first kappa shape index (κ1) is 15.9. The second-order valence-corrected chi connectivity index (χ2v) is 6.18. The monoisotopic (exact) mass is 344 g/mol. The Morgan fingerprint density at radius 2 is 2.28 bits per heavy atom. The normalized spacial score (nSPS) is 22.0. The van der Waals surface area contributed by atoms with E-state index in [1.165, 1.54) is 0 Å². The van der Waals surface area contributed by atoms with Crippen molar-refractivity contribution in [3.05, 3.63) is 36.2 Å². The lowest BCUT2D eigenvalue weighted by Gasteiger charge is -2.40. The number of aromatic nitrogens is 3. The molecule has 0 unspecified atom stereocenters. The molecule has 0 saturated carbocycles. The van der Waals surface area contributed by atoms with Gasteiger partial charge in [-0.1, -0.05) is 11.3 Å². The molecule has 0 radical (unpaired) electrons. The number of benzene rings is 1. The third kappa shape index (κ3) is 3.17. The largest absolute Gasteiger partial charge is 0.497 e. The van der Waals surface area contributed by atoms with Crippen LogP contribution in [0.2, 0.25) is 0 Å². The Kier molecular flexibility index (Phi) is 4.27. The van der Waals surface area contributed by atoms with Gasteiger partial charge in [-0.25, -0.2) is 4.68 Å². The number of likely N-dealkylation sites (tertiary alicyclic amines) is 1. The average Bonchev–Trinajstić information content (AvgIpc) is 3.15. The van der Waals surface area contributed by atoms with Crippen molar-refractivity contribution in [2.75, 3.05) is 26.8 Å². The Bertz CT molecular complexity index is 763. The van der Waals surface area contributed by atoms with Crippen molar-refractivity contribution in [1.82, 2.24) is 19.9 Å². The summed E-state index contributed by atoms with van der Waals surface area (Å²) in [7, 11) is 1.60. The van der Waals surface area contributed by atoms with Gasteiger partial charge in [-0.3, -0.25) is 4.79 Å². The van der Waals surface area contributed by atoms with E-state index in [1.54, 1.807) is 25.4 Å². The number of ether oxygens (including phenoxy) is 3. The summed E-state index contributed by atoms with van der Waals surface area (Å²) in [5.74, 6) is 1.26. The van der Waals surface area contributed by atoms with E-state index in [0.29, 0.717) is 31.2 Å². The molecule has 2 aromatic rings. The summed E-state index contributed by atoms with van der Waals surface area (Å²) in [5.41, 5.74) is 0.947. The number of hydrogen-bond acceptors (Lipinski definition) is 6. The number of rotatable bonds is 4. The highest BCUT2D eigenvalue weighted by molar-refractivity contribution is 5.78. The van der Waals surface area contributed by atoms with Gasteiger partial charge in [0.2, 0.25) is 0 Å². The van der Waals surface area contributed by atoms with Crippen LogP contribution in [-0.2, 0) is 16.1 Å². The van der Waals surface area contributed by atoms with Crippen LogP contribution in [0.3, 0.4) is 0 Å². The van der Waals surface area contributed by atoms with Crippen LogP contribution < -0.4 is 9.47 Å². The Morgan fingerprint density at radius 1 is 1.40 bits per heavy atom. The lowest BCUT2D eigenvalue weighted by Crippen LogP contribution is -2.50. The maximum Gasteiger partial charge on any atom is 0.260 e. The third-order valence-electron chi connectivity index (χ3n) is 4.68. The number of carbonyl (C=O) groups is 1. The molecule has 8 nitrogen and oxygen atoms in total. The summed E-state index contributed by atoms with van der Waals surface area (Å²) in [6.07, 6.45) is 2.58. The maximum absolute atomic E-state index is 12.5. The molecule has 0 N–H and O–H groups in total. The topological polar surface area (TPSA) is 78.7 Å². The Hall–Kier alpha value is -2.61. The third-order valence-corrected chi connectivity index (χ3v) is 4.68. The van der Waals surface area contributed by atoms with Gasteiger partial charge in [0, 0.05) is 19.2 Å². The van der Waals surface area contributed by atoms with E-state index in [1.807, 2.05) is 21.7 Å². The molecule has 1 saturated heterocycles. The lowest BCUT2D eigenvalue weighted by atomic mass is 10.0. The maximum atomic E-state index is 12.5. The number of methoxy groups -OCH3 is 1. The van der Waals surface area contributed by atoms with Gasteiger partial charge in [0.15, 0.2) is 6.61 Å². The van der Waals surface area contributed by atoms with E-state index in [-0.39, 0.29) is 24.7 Å². The van der Waals surface area contributed by atoms with Gasteiger partial charge in [0.1, 0.15) is 11.5 Å². The molecule has 25 heavy (non-hydrogen) atoms. The van der Waals surface area contributed by atoms with Crippen LogP contribution in [0.15, 0.2) is 30.5 Å². The van der Waals surface area contributed by atoms with Crippen LogP contribution in [0.1, 0.15) is 18.2 Å². The zero-order chi connectivity index (χ0) is 17.2. The van der Waals surface area contributed by atoms with Gasteiger partial charge in [-0.2, -0.15) is 0 Å². The van der Waals surface area contributed by atoms with Gasteiger partial charge >= 0.3 is 0 Å². The van der Waals surface area contributed by atoms with Crippen molar-refractivity contribution < 1.29 is 19.0 Å².